The van der Waals surface area contributed by atoms with Gasteiger partial charge in [0.15, 0.2) is 0 Å². The van der Waals surface area contributed by atoms with Crippen molar-refractivity contribution >= 4 is 207 Å². The maximum absolute atomic E-state index is 5.53. The van der Waals surface area contributed by atoms with E-state index in [2.05, 4.69) is 11.7 Å². The third kappa shape index (κ3) is 4.95. The van der Waals surface area contributed by atoms with Gasteiger partial charge in [0.2, 0.25) is 0 Å². The predicted octanol–water partition coefficient (Wildman–Crippen LogP) is 0.330. The highest BCUT2D eigenvalue weighted by molar-refractivity contribution is 9.68. The van der Waals surface area contributed by atoms with Crippen LogP contribution < -0.4 is 0 Å². The molecule has 0 aromatic heterocycles. The quantitative estimate of drug-likeness (QED) is 0.229. The molecule has 0 aliphatic carbocycles. The molecule has 0 amide bonds. The first-order valence-electron chi connectivity index (χ1n) is 3.52. The summed E-state index contributed by atoms with van der Waals surface area (Å²) in [5, 5.41) is -16.6. The van der Waals surface area contributed by atoms with Crippen LogP contribution in [0.1, 0.15) is 0 Å². The highest BCUT2D eigenvalue weighted by atomic mass is 34.4. The Kier molecular flexibility index (Phi) is 11.3. The minimum atomic E-state index is -2.92. The summed E-state index contributed by atoms with van der Waals surface area (Å²) >= 11 is 79.1. The molecular formula is HS22-. The molecule has 0 saturated carbocycles. The van der Waals surface area contributed by atoms with Gasteiger partial charge in [-0.05, 0) is 112 Å². The molecule has 0 radical (unpaired) electrons. The van der Waals surface area contributed by atoms with Gasteiger partial charge in [0, 0.05) is 26.1 Å². The molecular weight excluding hydrogens is 705 g/mol. The van der Waals surface area contributed by atoms with Crippen LogP contribution in [-0.4, -0.2) is 0 Å². The molecule has 0 aromatic rings. The van der Waals surface area contributed by atoms with Crippen LogP contribution in [0.5, 0.6) is 0 Å². The van der Waals surface area contributed by atoms with Crippen molar-refractivity contribution in [3.05, 3.63) is 0 Å². The summed E-state index contributed by atoms with van der Waals surface area (Å²) in [5.74, 6) is 0. The van der Waals surface area contributed by atoms with Gasteiger partial charge in [0.1, 0.15) is 0 Å². The van der Waals surface area contributed by atoms with Crippen molar-refractivity contribution in [3.8, 4) is 0 Å². The fraction of sp³-hybridized carbons (Fsp3) is 0. The molecule has 0 heterocycles. The smallest absolute Gasteiger partial charge is 0.0450 e. The Morgan fingerprint density at radius 2 is 0.773 bits per heavy atom. The highest BCUT2D eigenvalue weighted by Gasteiger charge is 2.33. The topological polar surface area (TPSA) is 0 Å². The molecule has 0 aliphatic rings. The summed E-state index contributed by atoms with van der Waals surface area (Å²) in [6.45, 7) is 0. The molecule has 0 rings (SSSR count). The van der Waals surface area contributed by atoms with Gasteiger partial charge in [-0.3, -0.25) is 7.05 Å². The van der Waals surface area contributed by atoms with E-state index in [1.54, 1.807) is 0 Å². The number of hydrogen-bond acceptors (Lipinski definition) is 15. The summed E-state index contributed by atoms with van der Waals surface area (Å²) in [6.07, 6.45) is 0. The van der Waals surface area contributed by atoms with E-state index in [0.717, 1.165) is 0 Å². The van der Waals surface area contributed by atoms with Crippen molar-refractivity contribution in [1.82, 2.24) is 0 Å². The lowest BCUT2D eigenvalue weighted by molar-refractivity contribution is 5.06. The Labute approximate surface area is 201 Å². The molecule has 0 spiro atoms. The van der Waals surface area contributed by atoms with E-state index in [9.17, 15) is 0 Å². The third-order valence-electron chi connectivity index (χ3n) is 1.42. The predicted molar refractivity (Wildman–Crippen MR) is 164 cm³/mol. The zero-order chi connectivity index (χ0) is 18.6. The average molecular weight is 706 g/mol. The molecule has 22 heteroatoms. The first-order chi connectivity index (χ1) is 9.19. The zero-order valence-corrected chi connectivity index (χ0v) is 27.1. The lowest BCUT2D eigenvalue weighted by atomic mass is 29.8. The third-order valence-corrected chi connectivity index (χ3v) is 115. The van der Waals surface area contributed by atoms with Crippen molar-refractivity contribution in [2.24, 2.45) is 0 Å². The van der Waals surface area contributed by atoms with Crippen LogP contribution in [0, 0.1) is 0 Å². The summed E-state index contributed by atoms with van der Waals surface area (Å²) in [7, 11) is -1.23. The lowest BCUT2D eigenvalue weighted by Crippen LogP contribution is -2.30. The molecule has 0 atom stereocenters. The van der Waals surface area contributed by atoms with Crippen LogP contribution >= 0.6 is 11.7 Å². The summed E-state index contributed by atoms with van der Waals surface area (Å²) in [5.41, 5.74) is 0. The van der Waals surface area contributed by atoms with Crippen molar-refractivity contribution in [2.75, 3.05) is 0 Å². The van der Waals surface area contributed by atoms with Crippen molar-refractivity contribution in [1.29, 1.82) is 0 Å². The van der Waals surface area contributed by atoms with E-state index in [-0.39, 0.29) is 0 Å². The zero-order valence-electron chi connectivity index (χ0n) is 9.02. The largest absolute Gasteiger partial charge is 0.271 e. The van der Waals surface area contributed by atoms with Crippen LogP contribution in [-0.2, 0) is 195 Å². The van der Waals surface area contributed by atoms with Gasteiger partial charge in [-0.2, -0.15) is 0 Å². The molecule has 0 aliphatic heterocycles. The summed E-state index contributed by atoms with van der Waals surface area (Å²) in [6, 6.07) is 0. The molecule has 22 heavy (non-hydrogen) atoms. The molecule has 0 aromatic carbocycles. The second kappa shape index (κ2) is 8.94. The van der Waals surface area contributed by atoms with Crippen molar-refractivity contribution in [2.45, 2.75) is 0 Å². The van der Waals surface area contributed by atoms with Crippen LogP contribution in [0.2, 0.25) is 0 Å². The molecule has 0 nitrogen and oxygen atoms in total. The Hall–Kier alpha value is 5.88. The van der Waals surface area contributed by atoms with Crippen LogP contribution in [0.25, 0.3) is 0 Å². The van der Waals surface area contributed by atoms with E-state index in [1.165, 1.54) is 0 Å². The molecule has 134 valence electrons. The number of hydrogen-bond donors (Lipinski definition) is 1. The number of rotatable bonds is 6. The minimum Gasteiger partial charge on any atom is -0.271 e. The molecule has 0 saturated heterocycles. The van der Waals surface area contributed by atoms with E-state index in [0.29, 0.717) is 0 Å². The van der Waals surface area contributed by atoms with Gasteiger partial charge < -0.3 is 0 Å². The van der Waals surface area contributed by atoms with Gasteiger partial charge in [0.05, 0.1) is 0 Å². The average Bonchev–Trinajstić information content (AvgIpc) is 2.25. The van der Waals surface area contributed by atoms with E-state index in [1.807, 2.05) is 0 Å². The van der Waals surface area contributed by atoms with E-state index >= 15 is 0 Å². The van der Waals surface area contributed by atoms with E-state index < -0.39 is 38.3 Å². The van der Waals surface area contributed by atoms with Gasteiger partial charge >= 0.3 is 0 Å². The second-order valence-corrected chi connectivity index (χ2v) is 72.2. The first-order valence-corrected chi connectivity index (χ1v) is 31.6. The Morgan fingerprint density at radius 3 is 1.00 bits per heavy atom. The van der Waals surface area contributed by atoms with Gasteiger partial charge in [-0.1, -0.05) is 39.2 Å². The molecule has 0 bridgehead atoms. The fourth-order valence-corrected chi connectivity index (χ4v) is 117. The molecule has 0 unspecified atom stereocenters. The Bertz CT molecular complexity index is 1150. The minimum absolute atomic E-state index is 1.23. The maximum Gasteiger partial charge on any atom is 0.0450 e. The Morgan fingerprint density at radius 1 is 0.500 bits per heavy atom. The lowest BCUT2D eigenvalue weighted by Gasteiger charge is -2.31. The maximum atomic E-state index is 5.53. The van der Waals surface area contributed by atoms with Gasteiger partial charge in [-0.15, -0.1) is 0 Å². The second-order valence-electron chi connectivity index (χ2n) is 2.67. The van der Waals surface area contributed by atoms with Crippen molar-refractivity contribution in [3.63, 3.8) is 0 Å². The summed E-state index contributed by atoms with van der Waals surface area (Å²) in [4.78, 5) is 0. The fourth-order valence-electron chi connectivity index (χ4n) is 0.480. The van der Waals surface area contributed by atoms with Crippen LogP contribution in [0.4, 0.5) is 0 Å². The molecule has 0 fully saturated rings. The van der Waals surface area contributed by atoms with E-state index in [4.69, 9.17) is 157 Å². The first kappa shape index (κ1) is 27.9. The Balaban J connectivity index is 7.27. The SMILES string of the molecule is S=[S-](=S)S(=S)(=S)S(=S)(=S)S(=S)(=S)S(=S)(=S)S(=S)(=S)S(=S)(=S)S. The van der Waals surface area contributed by atoms with Gasteiger partial charge in [-0.25, -0.2) is 22.4 Å². The normalized spacial score (nSPS) is 15.7. The molecule has 0 N–H and O–H groups in total. The number of thiol groups is 1. The van der Waals surface area contributed by atoms with Crippen molar-refractivity contribution < 1.29 is 0 Å². The van der Waals surface area contributed by atoms with Gasteiger partial charge in [0.25, 0.3) is 0 Å². The standard InChI is InChI=1S/HS22/c1-16(2)18(6,7)20(10,11)22(14,15)21(12,13)19(8,9)17(3,4)5/h(H,3,4,5)/q-1. The summed E-state index contributed by atoms with van der Waals surface area (Å²) < 4.78 is 0. The van der Waals surface area contributed by atoms with Crippen LogP contribution in [0.15, 0.2) is 0 Å². The monoisotopic (exact) mass is 704 g/mol. The van der Waals surface area contributed by atoms with Crippen LogP contribution in [0.3, 0.4) is 0 Å². The highest BCUT2D eigenvalue weighted by Crippen LogP contribution is 2.33.